The average molecular weight is 341 g/mol. The molecular weight excluding hydrogens is 319 g/mol. The molecule has 23 heavy (non-hydrogen) atoms. The van der Waals surface area contributed by atoms with Crippen LogP contribution in [0.2, 0.25) is 5.02 Å². The summed E-state index contributed by atoms with van der Waals surface area (Å²) < 4.78 is 14.1. The van der Waals surface area contributed by atoms with Crippen molar-refractivity contribution in [1.29, 1.82) is 0 Å². The Morgan fingerprint density at radius 3 is 2.74 bits per heavy atom. The lowest BCUT2D eigenvalue weighted by atomic mass is 9.96. The van der Waals surface area contributed by atoms with Crippen molar-refractivity contribution in [2.75, 3.05) is 51.2 Å². The first-order valence-electron chi connectivity index (χ1n) is 8.08. The van der Waals surface area contributed by atoms with E-state index in [4.69, 9.17) is 11.6 Å². The predicted octanol–water partition coefficient (Wildman–Crippen LogP) is 1.86. The van der Waals surface area contributed by atoms with E-state index in [1.807, 2.05) is 9.80 Å². The van der Waals surface area contributed by atoms with Crippen molar-refractivity contribution < 1.29 is 9.18 Å². The lowest BCUT2D eigenvalue weighted by Gasteiger charge is -2.38. The monoisotopic (exact) mass is 340 g/mol. The van der Waals surface area contributed by atoms with Crippen LogP contribution in [-0.4, -0.2) is 67.0 Å². The third-order valence-electron chi connectivity index (χ3n) is 4.67. The van der Waals surface area contributed by atoms with E-state index in [1.54, 1.807) is 0 Å². The van der Waals surface area contributed by atoms with Gasteiger partial charge in [-0.3, -0.25) is 4.79 Å². The highest BCUT2D eigenvalue weighted by Crippen LogP contribution is 2.26. The Morgan fingerprint density at radius 2 is 2.04 bits per heavy atom. The van der Waals surface area contributed by atoms with Crippen LogP contribution in [0.3, 0.4) is 0 Å². The second-order valence-electron chi connectivity index (χ2n) is 6.37. The number of piperazine rings is 1. The van der Waals surface area contributed by atoms with Gasteiger partial charge in [-0.05, 0) is 26.0 Å². The molecule has 0 spiro atoms. The van der Waals surface area contributed by atoms with Gasteiger partial charge < -0.3 is 14.7 Å². The fourth-order valence-corrected chi connectivity index (χ4v) is 3.44. The molecule has 7 heteroatoms. The third-order valence-corrected chi connectivity index (χ3v) is 4.88. The van der Waals surface area contributed by atoms with E-state index in [9.17, 15) is 9.18 Å². The van der Waals surface area contributed by atoms with Gasteiger partial charge in [0.15, 0.2) is 11.6 Å². The molecule has 1 aromatic rings. The highest BCUT2D eigenvalue weighted by Gasteiger charge is 2.31. The molecule has 0 aromatic carbocycles. The van der Waals surface area contributed by atoms with E-state index in [2.05, 4.69) is 16.9 Å². The molecule has 2 fully saturated rings. The Bertz CT molecular complexity index is 577. The maximum absolute atomic E-state index is 14.1. The third kappa shape index (κ3) is 3.75. The van der Waals surface area contributed by atoms with Gasteiger partial charge in [-0.25, -0.2) is 9.37 Å². The first kappa shape index (κ1) is 16.5. The molecule has 2 saturated heterocycles. The van der Waals surface area contributed by atoms with Crippen LogP contribution in [0.1, 0.15) is 12.8 Å². The molecule has 1 atom stereocenters. The number of hydrogen-bond donors (Lipinski definition) is 0. The number of likely N-dealkylation sites (N-methyl/N-ethyl adjacent to an activating group) is 1. The Labute approximate surface area is 141 Å². The highest BCUT2D eigenvalue weighted by atomic mass is 35.5. The van der Waals surface area contributed by atoms with Crippen LogP contribution in [-0.2, 0) is 4.79 Å². The lowest BCUT2D eigenvalue weighted by Crippen LogP contribution is -2.51. The summed E-state index contributed by atoms with van der Waals surface area (Å²) in [7, 11) is 2.07. The van der Waals surface area contributed by atoms with Gasteiger partial charge in [-0.1, -0.05) is 11.6 Å². The van der Waals surface area contributed by atoms with Crippen LogP contribution in [0.15, 0.2) is 12.3 Å². The summed E-state index contributed by atoms with van der Waals surface area (Å²) in [6.07, 6.45) is 3.18. The highest BCUT2D eigenvalue weighted by molar-refractivity contribution is 6.30. The quantitative estimate of drug-likeness (QED) is 0.824. The number of halogens is 2. The molecule has 126 valence electrons. The summed E-state index contributed by atoms with van der Waals surface area (Å²) >= 11 is 5.76. The minimum Gasteiger partial charge on any atom is -0.353 e. The van der Waals surface area contributed by atoms with Gasteiger partial charge in [0.25, 0.3) is 0 Å². The molecule has 1 amide bonds. The van der Waals surface area contributed by atoms with E-state index >= 15 is 0 Å². The van der Waals surface area contributed by atoms with E-state index in [0.717, 1.165) is 45.6 Å². The van der Waals surface area contributed by atoms with Crippen LogP contribution in [0, 0.1) is 11.7 Å². The summed E-state index contributed by atoms with van der Waals surface area (Å²) in [4.78, 5) is 22.9. The van der Waals surface area contributed by atoms with Gasteiger partial charge in [0, 0.05) is 45.5 Å². The maximum Gasteiger partial charge on any atom is 0.227 e. The molecule has 0 unspecified atom stereocenters. The number of hydrogen-bond acceptors (Lipinski definition) is 4. The molecule has 5 nitrogen and oxygen atoms in total. The number of carbonyl (C=O) groups excluding carboxylic acids is 1. The molecule has 2 aliphatic rings. The Kier molecular flexibility index (Phi) is 5.02. The number of pyridine rings is 1. The zero-order chi connectivity index (χ0) is 16.4. The Morgan fingerprint density at radius 1 is 1.30 bits per heavy atom. The molecule has 3 heterocycles. The molecule has 0 saturated carbocycles. The normalized spacial score (nSPS) is 23.2. The van der Waals surface area contributed by atoms with Crippen molar-refractivity contribution in [3.63, 3.8) is 0 Å². The molecule has 2 aliphatic heterocycles. The number of anilines is 1. The van der Waals surface area contributed by atoms with Crippen molar-refractivity contribution in [2.24, 2.45) is 5.92 Å². The number of carbonyl (C=O) groups is 1. The molecule has 0 radical (unpaired) electrons. The smallest absolute Gasteiger partial charge is 0.227 e. The summed E-state index contributed by atoms with van der Waals surface area (Å²) in [5.41, 5.74) is 0. The fourth-order valence-electron chi connectivity index (χ4n) is 3.30. The summed E-state index contributed by atoms with van der Waals surface area (Å²) in [5, 5.41) is 0.285. The zero-order valence-electron chi connectivity index (χ0n) is 13.3. The van der Waals surface area contributed by atoms with Gasteiger partial charge in [0.2, 0.25) is 5.91 Å². The van der Waals surface area contributed by atoms with Crippen LogP contribution in [0.4, 0.5) is 10.2 Å². The van der Waals surface area contributed by atoms with Crippen LogP contribution < -0.4 is 4.90 Å². The van der Waals surface area contributed by atoms with Crippen molar-refractivity contribution in [3.8, 4) is 0 Å². The second-order valence-corrected chi connectivity index (χ2v) is 6.81. The van der Waals surface area contributed by atoms with Crippen molar-refractivity contribution >= 4 is 23.3 Å². The van der Waals surface area contributed by atoms with E-state index in [1.165, 1.54) is 12.3 Å². The van der Waals surface area contributed by atoms with Gasteiger partial charge >= 0.3 is 0 Å². The molecule has 0 N–H and O–H groups in total. The van der Waals surface area contributed by atoms with Gasteiger partial charge in [0.1, 0.15) is 0 Å². The minimum absolute atomic E-state index is 0.0796. The largest absolute Gasteiger partial charge is 0.353 e. The minimum atomic E-state index is -0.426. The molecule has 1 aromatic heterocycles. The molecule has 3 rings (SSSR count). The molecule has 0 bridgehead atoms. The fraction of sp³-hybridized carbons (Fsp3) is 0.625. The van der Waals surface area contributed by atoms with Crippen LogP contribution >= 0.6 is 11.6 Å². The van der Waals surface area contributed by atoms with E-state index in [0.29, 0.717) is 12.4 Å². The Balaban J connectivity index is 1.67. The number of rotatable bonds is 2. The maximum atomic E-state index is 14.1. The van der Waals surface area contributed by atoms with Crippen molar-refractivity contribution in [3.05, 3.63) is 23.1 Å². The first-order valence-corrected chi connectivity index (χ1v) is 8.45. The predicted molar refractivity (Wildman–Crippen MR) is 88.2 cm³/mol. The topological polar surface area (TPSA) is 39.7 Å². The number of nitrogens with zero attached hydrogens (tertiary/aromatic N) is 4. The first-order chi connectivity index (χ1) is 11.0. The molecule has 0 aliphatic carbocycles. The number of aromatic nitrogens is 1. The number of amides is 1. The van der Waals surface area contributed by atoms with Crippen LogP contribution in [0.5, 0.6) is 0 Å². The van der Waals surface area contributed by atoms with Crippen molar-refractivity contribution in [2.45, 2.75) is 12.8 Å². The zero-order valence-corrected chi connectivity index (χ0v) is 14.1. The number of piperidine rings is 1. The van der Waals surface area contributed by atoms with Gasteiger partial charge in [-0.15, -0.1) is 0 Å². The molecular formula is C16H22ClFN4O. The van der Waals surface area contributed by atoms with E-state index in [-0.39, 0.29) is 16.8 Å². The summed E-state index contributed by atoms with van der Waals surface area (Å²) in [5.74, 6) is -0.0170. The van der Waals surface area contributed by atoms with E-state index < -0.39 is 5.82 Å². The SMILES string of the molecule is CN1CCN(C(=O)[C@@H]2CCCN(c3ncc(Cl)cc3F)C2)CC1. The van der Waals surface area contributed by atoms with Crippen molar-refractivity contribution in [1.82, 2.24) is 14.8 Å². The Hall–Kier alpha value is -1.40. The summed E-state index contributed by atoms with van der Waals surface area (Å²) in [6.45, 7) is 4.62. The van der Waals surface area contributed by atoms with Gasteiger partial charge in [-0.2, -0.15) is 0 Å². The van der Waals surface area contributed by atoms with Gasteiger partial charge in [0.05, 0.1) is 10.9 Å². The lowest BCUT2D eigenvalue weighted by molar-refractivity contribution is -0.137. The average Bonchev–Trinajstić information content (AvgIpc) is 2.55. The second kappa shape index (κ2) is 7.01. The standard InChI is InChI=1S/C16H22ClFN4O/c1-20-5-7-21(8-6-20)16(23)12-3-2-4-22(11-12)15-14(18)9-13(17)10-19-15/h9-10,12H,2-8,11H2,1H3/t12-/m1/s1. The van der Waals surface area contributed by atoms with Crippen LogP contribution in [0.25, 0.3) is 0 Å². The summed E-state index contributed by atoms with van der Waals surface area (Å²) in [6, 6.07) is 1.27.